The Bertz CT molecular complexity index is 651. The average Bonchev–Trinajstić information content (AvgIpc) is 2.58. The van der Waals surface area contributed by atoms with Gasteiger partial charge >= 0.3 is 6.18 Å². The zero-order chi connectivity index (χ0) is 15.5. The summed E-state index contributed by atoms with van der Waals surface area (Å²) in [6.45, 7) is 0. The lowest BCUT2D eigenvalue weighted by Crippen LogP contribution is -2.43. The molecular weight excluding hydrogens is 307 g/mol. The van der Waals surface area contributed by atoms with Crippen molar-refractivity contribution in [2.24, 2.45) is 0 Å². The lowest BCUT2D eigenvalue weighted by atomic mass is 9.89. The highest BCUT2D eigenvalue weighted by Gasteiger charge is 2.54. The molecule has 1 aromatic rings. The topological polar surface area (TPSA) is 67.3 Å². The predicted molar refractivity (Wildman–Crippen MR) is 68.1 cm³/mol. The number of pyridine rings is 1. The van der Waals surface area contributed by atoms with Gasteiger partial charge in [-0.05, 0) is 37.8 Å². The molecule has 2 unspecified atom stereocenters. The third-order valence-electron chi connectivity index (χ3n) is 4.39. The number of aliphatic hydroxyl groups is 1. The lowest BCUT2D eigenvalue weighted by molar-refractivity contribution is -0.141. The molecule has 0 aliphatic carbocycles. The van der Waals surface area contributed by atoms with Crippen LogP contribution < -0.4 is 0 Å². The van der Waals surface area contributed by atoms with E-state index in [1.807, 2.05) is 0 Å². The van der Waals surface area contributed by atoms with Crippen LogP contribution in [0.2, 0.25) is 0 Å². The molecule has 2 atom stereocenters. The highest BCUT2D eigenvalue weighted by atomic mass is 32.2. The molecule has 1 N–H and O–H groups in total. The summed E-state index contributed by atoms with van der Waals surface area (Å²) in [5, 5.41) is 9.29. The third kappa shape index (κ3) is 2.34. The Kier molecular flexibility index (Phi) is 3.11. The molecule has 0 radical (unpaired) electrons. The maximum Gasteiger partial charge on any atom is 0.433 e. The molecule has 2 bridgehead atoms. The van der Waals surface area contributed by atoms with E-state index in [4.69, 9.17) is 0 Å². The molecule has 4 nitrogen and oxygen atoms in total. The Labute approximate surface area is 119 Å². The number of alkyl halides is 3. The first kappa shape index (κ1) is 14.8. The molecule has 3 rings (SSSR count). The van der Waals surface area contributed by atoms with Crippen LogP contribution in [0.4, 0.5) is 13.2 Å². The smallest absolute Gasteiger partial charge is 0.383 e. The molecule has 2 aliphatic heterocycles. The fraction of sp³-hybridized carbons (Fsp3) is 0.615. The van der Waals surface area contributed by atoms with E-state index in [0.29, 0.717) is 12.8 Å². The number of sulfone groups is 1. The van der Waals surface area contributed by atoms with Crippen molar-refractivity contribution in [3.05, 3.63) is 29.6 Å². The van der Waals surface area contributed by atoms with Crippen molar-refractivity contribution in [2.45, 2.75) is 48.0 Å². The molecular formula is C13H14F3NO3S. The van der Waals surface area contributed by atoms with Crippen molar-refractivity contribution in [2.75, 3.05) is 0 Å². The van der Waals surface area contributed by atoms with Crippen molar-refractivity contribution >= 4 is 9.84 Å². The summed E-state index contributed by atoms with van der Waals surface area (Å²) >= 11 is 0. The largest absolute Gasteiger partial charge is 0.433 e. The first-order valence-corrected chi connectivity index (χ1v) is 8.24. The Morgan fingerprint density at radius 3 is 2.29 bits per heavy atom. The number of fused-ring (bicyclic) bond motifs is 2. The number of rotatable bonds is 1. The van der Waals surface area contributed by atoms with Crippen molar-refractivity contribution in [3.8, 4) is 0 Å². The minimum Gasteiger partial charge on any atom is -0.383 e. The van der Waals surface area contributed by atoms with Gasteiger partial charge in [0.05, 0.1) is 16.2 Å². The Morgan fingerprint density at radius 2 is 1.76 bits per heavy atom. The second kappa shape index (κ2) is 4.42. The zero-order valence-electron chi connectivity index (χ0n) is 11.0. The Balaban J connectivity index is 1.98. The van der Waals surface area contributed by atoms with E-state index in [1.54, 1.807) is 0 Å². The van der Waals surface area contributed by atoms with Crippen LogP contribution in [0.5, 0.6) is 0 Å². The quantitative estimate of drug-likeness (QED) is 0.859. The zero-order valence-corrected chi connectivity index (χ0v) is 11.8. The second-order valence-corrected chi connectivity index (χ2v) is 8.27. The number of nitrogens with zero attached hydrogens (tertiary/aromatic N) is 1. The van der Waals surface area contributed by atoms with Crippen LogP contribution in [0.3, 0.4) is 0 Å². The first-order chi connectivity index (χ1) is 9.63. The summed E-state index contributed by atoms with van der Waals surface area (Å²) in [6.07, 6.45) is -3.85. The van der Waals surface area contributed by atoms with Crippen LogP contribution in [0, 0.1) is 0 Å². The maximum absolute atomic E-state index is 12.7. The summed E-state index contributed by atoms with van der Waals surface area (Å²) in [5.74, 6) is 0. The summed E-state index contributed by atoms with van der Waals surface area (Å²) in [4.78, 5) is 3.51. The molecule has 0 aromatic carbocycles. The molecule has 0 saturated carbocycles. The fourth-order valence-corrected chi connectivity index (χ4v) is 5.80. The lowest BCUT2D eigenvalue weighted by Gasteiger charge is -2.35. The third-order valence-corrected chi connectivity index (χ3v) is 7.05. The molecule has 0 spiro atoms. The molecule has 2 fully saturated rings. The number of halogens is 3. The minimum atomic E-state index is -4.59. The predicted octanol–water partition coefficient (Wildman–Crippen LogP) is 2.03. The van der Waals surface area contributed by atoms with E-state index in [9.17, 15) is 26.7 Å². The monoisotopic (exact) mass is 321 g/mol. The highest BCUT2D eigenvalue weighted by molar-refractivity contribution is 7.93. The van der Waals surface area contributed by atoms with Gasteiger partial charge in [-0.3, -0.25) is 0 Å². The van der Waals surface area contributed by atoms with Gasteiger partial charge in [0.15, 0.2) is 9.84 Å². The normalized spacial score (nSPS) is 34.9. The summed E-state index contributed by atoms with van der Waals surface area (Å²) in [5.41, 5.74) is -2.77. The number of hydrogen-bond acceptors (Lipinski definition) is 4. The van der Waals surface area contributed by atoms with Gasteiger partial charge < -0.3 is 5.11 Å². The van der Waals surface area contributed by atoms with E-state index in [1.165, 1.54) is 12.1 Å². The molecule has 0 amide bonds. The molecule has 2 aliphatic rings. The minimum absolute atomic E-state index is 0.0832. The molecule has 116 valence electrons. The molecule has 3 heterocycles. The highest BCUT2D eigenvalue weighted by Crippen LogP contribution is 2.47. The van der Waals surface area contributed by atoms with E-state index >= 15 is 0 Å². The molecule has 8 heteroatoms. The number of aromatic nitrogens is 1. The van der Waals surface area contributed by atoms with Gasteiger partial charge in [-0.2, -0.15) is 13.2 Å². The average molecular weight is 321 g/mol. The molecule has 2 saturated heterocycles. The van der Waals surface area contributed by atoms with E-state index in [-0.39, 0.29) is 18.5 Å². The fourth-order valence-electron chi connectivity index (χ4n) is 3.31. The van der Waals surface area contributed by atoms with Crippen LogP contribution in [0.15, 0.2) is 18.2 Å². The molecule has 1 aromatic heterocycles. The van der Waals surface area contributed by atoms with Gasteiger partial charge in [0.2, 0.25) is 0 Å². The second-order valence-electron chi connectivity index (χ2n) is 5.76. The summed E-state index contributed by atoms with van der Waals surface area (Å²) < 4.78 is 62.1. The van der Waals surface area contributed by atoms with Crippen LogP contribution in [0.25, 0.3) is 0 Å². The molecule has 21 heavy (non-hydrogen) atoms. The Hall–Kier alpha value is -1.15. The van der Waals surface area contributed by atoms with Crippen molar-refractivity contribution in [1.82, 2.24) is 4.98 Å². The summed E-state index contributed by atoms with van der Waals surface area (Å²) in [6, 6.07) is 3.35. The van der Waals surface area contributed by atoms with Crippen molar-refractivity contribution in [3.63, 3.8) is 0 Å². The van der Waals surface area contributed by atoms with Gasteiger partial charge in [0.1, 0.15) is 11.3 Å². The van der Waals surface area contributed by atoms with Crippen LogP contribution in [-0.4, -0.2) is 29.0 Å². The van der Waals surface area contributed by atoms with Crippen LogP contribution >= 0.6 is 0 Å². The van der Waals surface area contributed by atoms with Gasteiger partial charge in [-0.1, -0.05) is 6.07 Å². The van der Waals surface area contributed by atoms with E-state index in [0.717, 1.165) is 6.07 Å². The first-order valence-electron chi connectivity index (χ1n) is 6.63. The summed E-state index contributed by atoms with van der Waals surface area (Å²) in [7, 11) is -3.26. The van der Waals surface area contributed by atoms with Gasteiger partial charge in [-0.25, -0.2) is 13.4 Å². The Morgan fingerprint density at radius 1 is 1.19 bits per heavy atom. The van der Waals surface area contributed by atoms with Crippen molar-refractivity contribution in [1.29, 1.82) is 0 Å². The van der Waals surface area contributed by atoms with Crippen LogP contribution in [0.1, 0.15) is 37.1 Å². The number of hydrogen-bond donors (Lipinski definition) is 1. The van der Waals surface area contributed by atoms with Crippen LogP contribution in [-0.2, 0) is 21.6 Å². The van der Waals surface area contributed by atoms with Gasteiger partial charge in [0, 0.05) is 0 Å². The van der Waals surface area contributed by atoms with Crippen molar-refractivity contribution < 1.29 is 26.7 Å². The van der Waals surface area contributed by atoms with Gasteiger partial charge in [-0.15, -0.1) is 0 Å². The van der Waals surface area contributed by atoms with E-state index in [2.05, 4.69) is 4.98 Å². The van der Waals surface area contributed by atoms with Gasteiger partial charge in [0.25, 0.3) is 0 Å². The maximum atomic E-state index is 12.7. The standard InChI is InChI=1S/C13H14F3NO3S/c14-13(15,16)11-3-1-2-10(17-11)12(18)6-8-4-5-9(7-12)21(8,19)20/h1-3,8-9,18H,4-7H2. The SMILES string of the molecule is O=S1(=O)C2CCC1CC(O)(c1cccc(C(F)(F)F)n1)C2. The van der Waals surface area contributed by atoms with E-state index < -0.39 is 37.8 Å².